The summed E-state index contributed by atoms with van der Waals surface area (Å²) in [5.41, 5.74) is 1.62. The Morgan fingerprint density at radius 1 is 1.16 bits per heavy atom. The van der Waals surface area contributed by atoms with Crippen molar-refractivity contribution in [3.05, 3.63) is 38.6 Å². The first kappa shape index (κ1) is 22.5. The molecule has 1 atom stereocenters. The minimum absolute atomic E-state index is 0.0430. The molecule has 1 N–H and O–H groups in total. The summed E-state index contributed by atoms with van der Waals surface area (Å²) in [5, 5.41) is 10.1. The highest BCUT2D eigenvalue weighted by Crippen LogP contribution is 2.41. The lowest BCUT2D eigenvalue weighted by atomic mass is 9.93. The molecule has 1 aromatic heterocycles. The first-order valence-corrected chi connectivity index (χ1v) is 11.3. The van der Waals surface area contributed by atoms with E-state index in [1.165, 1.54) is 11.1 Å². The van der Waals surface area contributed by atoms with Gasteiger partial charge in [0.15, 0.2) is 0 Å². The molecule has 166 valence electrons. The first-order valence-electron chi connectivity index (χ1n) is 9.75. The fourth-order valence-corrected chi connectivity index (χ4v) is 5.14. The van der Waals surface area contributed by atoms with Gasteiger partial charge in [0.05, 0.1) is 16.2 Å². The fraction of sp³-hybridized carbons (Fsp3) is 0.450. The van der Waals surface area contributed by atoms with Gasteiger partial charge in [-0.2, -0.15) is 0 Å². The molecule has 3 heterocycles. The quantitative estimate of drug-likeness (QED) is 0.625. The van der Waals surface area contributed by atoms with Crippen LogP contribution in [0.2, 0.25) is 5.02 Å². The number of aromatic nitrogens is 1. The van der Waals surface area contributed by atoms with Gasteiger partial charge in [-0.1, -0.05) is 46.4 Å². The Morgan fingerprint density at radius 2 is 1.81 bits per heavy atom. The van der Waals surface area contributed by atoms with Crippen LogP contribution < -0.4 is 10.3 Å². The summed E-state index contributed by atoms with van der Waals surface area (Å²) in [6, 6.07) is 1.60. The van der Waals surface area contributed by atoms with E-state index in [9.17, 15) is 19.5 Å². The number of carboxylic acid groups (broad SMARTS) is 1. The molecular weight excluding hydrogens is 488 g/mol. The van der Waals surface area contributed by atoms with E-state index < -0.39 is 21.1 Å². The van der Waals surface area contributed by atoms with E-state index in [1.54, 1.807) is 6.07 Å². The van der Waals surface area contributed by atoms with Crippen molar-refractivity contribution in [2.45, 2.75) is 29.6 Å². The van der Waals surface area contributed by atoms with Gasteiger partial charge in [0.2, 0.25) is 5.43 Å². The molecule has 0 radical (unpaired) electrons. The van der Waals surface area contributed by atoms with Crippen molar-refractivity contribution < 1.29 is 14.7 Å². The number of carbonyl (C=O) groups excluding carboxylic acids is 1. The van der Waals surface area contributed by atoms with Crippen LogP contribution in [-0.2, 0) is 11.2 Å². The summed E-state index contributed by atoms with van der Waals surface area (Å²) in [4.78, 5) is 40.2. The molecule has 2 aliphatic heterocycles. The molecule has 1 saturated heterocycles. The van der Waals surface area contributed by atoms with Gasteiger partial charge < -0.3 is 19.5 Å². The van der Waals surface area contributed by atoms with E-state index in [1.807, 2.05) is 11.5 Å². The zero-order valence-electron chi connectivity index (χ0n) is 16.5. The van der Waals surface area contributed by atoms with Crippen molar-refractivity contribution in [1.29, 1.82) is 0 Å². The summed E-state index contributed by atoms with van der Waals surface area (Å²) in [5.74, 6) is -1.82. The van der Waals surface area contributed by atoms with Crippen LogP contribution in [0.25, 0.3) is 10.9 Å². The van der Waals surface area contributed by atoms with Crippen LogP contribution >= 0.6 is 46.4 Å². The molecule has 31 heavy (non-hydrogen) atoms. The van der Waals surface area contributed by atoms with E-state index in [2.05, 4.69) is 4.90 Å². The average molecular weight is 507 g/mol. The third kappa shape index (κ3) is 3.86. The van der Waals surface area contributed by atoms with Gasteiger partial charge in [-0.3, -0.25) is 9.59 Å². The maximum absolute atomic E-state index is 12.8. The predicted octanol–water partition coefficient (Wildman–Crippen LogP) is 3.88. The topological polar surface area (TPSA) is 82.8 Å². The highest BCUT2D eigenvalue weighted by molar-refractivity contribution is 6.76. The number of piperazine rings is 1. The number of anilines is 1. The Hall–Kier alpha value is -1.67. The number of nitrogens with zero attached hydrogens (tertiary/aromatic N) is 3. The number of pyridine rings is 1. The molecule has 0 saturated carbocycles. The van der Waals surface area contributed by atoms with Crippen molar-refractivity contribution in [3.8, 4) is 0 Å². The lowest BCUT2D eigenvalue weighted by molar-refractivity contribution is -0.130. The minimum Gasteiger partial charge on any atom is -0.477 e. The van der Waals surface area contributed by atoms with Crippen LogP contribution in [0, 0.1) is 0 Å². The standard InChI is InChI=1S/C20H19Cl4N3O4/c1-10-2-3-11-15-12(17(28)13(18(29)30)9-27(10)15)8-14(21)16(11)25-4-6-26(7-5-25)19(31)20(22,23)24/h8-10H,2-7H2,1H3,(H,29,30). The first-order chi connectivity index (χ1) is 14.5. The Labute approximate surface area is 198 Å². The van der Waals surface area contributed by atoms with Gasteiger partial charge in [0, 0.05) is 49.4 Å². The second kappa shape index (κ2) is 8.03. The van der Waals surface area contributed by atoms with Crippen molar-refractivity contribution in [2.75, 3.05) is 31.1 Å². The number of benzene rings is 1. The van der Waals surface area contributed by atoms with Gasteiger partial charge in [-0.25, -0.2) is 4.79 Å². The monoisotopic (exact) mass is 505 g/mol. The van der Waals surface area contributed by atoms with E-state index in [4.69, 9.17) is 46.4 Å². The fourth-order valence-electron chi connectivity index (χ4n) is 4.44. The Morgan fingerprint density at radius 3 is 2.39 bits per heavy atom. The van der Waals surface area contributed by atoms with Crippen LogP contribution in [-0.4, -0.2) is 56.4 Å². The molecular formula is C20H19Cl4N3O4. The number of rotatable bonds is 2. The second-order valence-corrected chi connectivity index (χ2v) is 10.5. The van der Waals surface area contributed by atoms with Gasteiger partial charge in [-0.05, 0) is 25.8 Å². The van der Waals surface area contributed by atoms with Crippen molar-refractivity contribution in [2.24, 2.45) is 0 Å². The van der Waals surface area contributed by atoms with Gasteiger partial charge in [0.25, 0.3) is 9.70 Å². The van der Waals surface area contributed by atoms with Crippen LogP contribution in [0.1, 0.15) is 35.3 Å². The second-order valence-electron chi connectivity index (χ2n) is 7.83. The van der Waals surface area contributed by atoms with Gasteiger partial charge in [-0.15, -0.1) is 0 Å². The largest absolute Gasteiger partial charge is 0.477 e. The molecule has 2 aromatic rings. The molecule has 7 nitrogen and oxygen atoms in total. The molecule has 1 fully saturated rings. The zero-order chi connectivity index (χ0) is 22.7. The molecule has 1 aromatic carbocycles. The molecule has 4 rings (SSSR count). The molecule has 2 aliphatic rings. The lowest BCUT2D eigenvalue weighted by Gasteiger charge is -2.39. The van der Waals surface area contributed by atoms with E-state index >= 15 is 0 Å². The number of alkyl halides is 3. The number of amides is 1. The van der Waals surface area contributed by atoms with E-state index in [-0.39, 0.29) is 11.6 Å². The minimum atomic E-state index is -2.00. The van der Waals surface area contributed by atoms with Crippen LogP contribution in [0.3, 0.4) is 0 Å². The van der Waals surface area contributed by atoms with Crippen LogP contribution in [0.15, 0.2) is 17.1 Å². The number of hydrogen-bond donors (Lipinski definition) is 1. The van der Waals surface area contributed by atoms with E-state index in [0.717, 1.165) is 17.7 Å². The third-order valence-electron chi connectivity index (χ3n) is 5.98. The van der Waals surface area contributed by atoms with Gasteiger partial charge in [0.1, 0.15) is 5.56 Å². The van der Waals surface area contributed by atoms with Gasteiger partial charge >= 0.3 is 5.97 Å². The number of halogens is 4. The number of carbonyl (C=O) groups is 2. The Balaban J connectivity index is 1.79. The molecule has 0 bridgehead atoms. The van der Waals surface area contributed by atoms with Crippen molar-refractivity contribution in [3.63, 3.8) is 0 Å². The molecule has 0 spiro atoms. The zero-order valence-corrected chi connectivity index (χ0v) is 19.5. The van der Waals surface area contributed by atoms with Crippen molar-refractivity contribution >= 4 is 74.9 Å². The molecule has 0 aliphatic carbocycles. The molecule has 1 amide bonds. The smallest absolute Gasteiger partial charge is 0.341 e. The summed E-state index contributed by atoms with van der Waals surface area (Å²) in [6.45, 7) is 3.69. The summed E-state index contributed by atoms with van der Waals surface area (Å²) < 4.78 is -0.135. The number of carboxylic acids is 1. The maximum atomic E-state index is 12.8. The Kier molecular flexibility index (Phi) is 5.83. The lowest BCUT2D eigenvalue weighted by Crippen LogP contribution is -2.52. The highest BCUT2D eigenvalue weighted by atomic mass is 35.6. The van der Waals surface area contributed by atoms with Crippen molar-refractivity contribution in [1.82, 2.24) is 9.47 Å². The van der Waals surface area contributed by atoms with E-state index in [0.29, 0.717) is 48.5 Å². The summed E-state index contributed by atoms with van der Waals surface area (Å²) in [7, 11) is 0. The SMILES string of the molecule is CC1CCc2c(N3CCN(C(=O)C(Cl)(Cl)Cl)CC3)c(Cl)cc3c(=O)c(C(=O)O)cn1c23. The molecule has 11 heteroatoms. The predicted molar refractivity (Wildman–Crippen MR) is 122 cm³/mol. The molecule has 1 unspecified atom stereocenters. The third-order valence-corrected chi connectivity index (χ3v) is 6.76. The summed E-state index contributed by atoms with van der Waals surface area (Å²) in [6.07, 6.45) is 2.91. The maximum Gasteiger partial charge on any atom is 0.341 e. The number of hydrogen-bond acceptors (Lipinski definition) is 4. The number of aromatic carboxylic acids is 1. The summed E-state index contributed by atoms with van der Waals surface area (Å²) >= 11 is 23.8. The highest BCUT2D eigenvalue weighted by Gasteiger charge is 2.37. The van der Waals surface area contributed by atoms with Crippen LogP contribution in [0.4, 0.5) is 5.69 Å². The average Bonchev–Trinajstić information content (AvgIpc) is 2.70. The van der Waals surface area contributed by atoms with Crippen LogP contribution in [0.5, 0.6) is 0 Å². The normalized spacial score (nSPS) is 19.1. The Bertz CT molecular complexity index is 1150. The number of aryl methyl sites for hydroxylation is 1.